The molecule has 0 saturated carbocycles. The molecule has 0 atom stereocenters. The van der Waals surface area contributed by atoms with Gasteiger partial charge < -0.3 is 4.74 Å². The highest BCUT2D eigenvalue weighted by Crippen LogP contribution is 2.29. The van der Waals surface area contributed by atoms with E-state index < -0.39 is 0 Å². The lowest BCUT2D eigenvalue weighted by molar-refractivity contribution is 0.370. The molecule has 0 saturated heterocycles. The quantitative estimate of drug-likeness (QED) is 0.372. The highest BCUT2D eigenvalue weighted by Gasteiger charge is 2.13. The summed E-state index contributed by atoms with van der Waals surface area (Å²) in [4.78, 5) is 1.97. The van der Waals surface area contributed by atoms with E-state index >= 15 is 0 Å². The van der Waals surface area contributed by atoms with E-state index in [-0.39, 0.29) is 6.61 Å². The zero-order chi connectivity index (χ0) is 17.8. The normalized spacial score (nSPS) is 10.7. The lowest BCUT2D eigenvalue weighted by atomic mass is 10.2. The Morgan fingerprint density at radius 2 is 2.00 bits per heavy atom. The number of aromatic nitrogens is 4. The molecule has 2 heterocycles. The maximum atomic E-state index is 5.49. The first-order valence-corrected chi connectivity index (χ1v) is 9.69. The van der Waals surface area contributed by atoms with Crippen LogP contribution in [0.5, 0.6) is 5.75 Å². The summed E-state index contributed by atoms with van der Waals surface area (Å²) in [7, 11) is 0. The molecule has 4 aromatic rings. The Hall–Kier alpha value is -2.82. The van der Waals surface area contributed by atoms with E-state index in [0.29, 0.717) is 5.75 Å². The van der Waals surface area contributed by atoms with Gasteiger partial charge in [0.15, 0.2) is 5.82 Å². The largest absolute Gasteiger partial charge is 0.481 e. The number of hydrogen-bond acceptors (Lipinski definition) is 6. The summed E-state index contributed by atoms with van der Waals surface area (Å²) in [6.07, 6.45) is 5.24. The summed E-state index contributed by atoms with van der Waals surface area (Å²) in [5.74, 6) is 4.73. The third-order valence-electron chi connectivity index (χ3n) is 3.57. The number of benzene rings is 2. The van der Waals surface area contributed by atoms with Crippen molar-refractivity contribution in [1.82, 2.24) is 19.8 Å². The van der Waals surface area contributed by atoms with Crippen molar-refractivity contribution in [3.63, 3.8) is 0 Å². The van der Waals surface area contributed by atoms with Crippen molar-refractivity contribution in [1.29, 1.82) is 0 Å². The first-order valence-electron chi connectivity index (χ1n) is 7.89. The summed E-state index contributed by atoms with van der Waals surface area (Å²) < 4.78 is 7.30. The third kappa shape index (κ3) is 3.57. The molecular formula is C19H14N4OS2. The van der Waals surface area contributed by atoms with Crippen molar-refractivity contribution in [2.45, 2.75) is 10.6 Å². The van der Waals surface area contributed by atoms with Gasteiger partial charge in [0.05, 0.1) is 5.75 Å². The highest BCUT2D eigenvalue weighted by molar-refractivity contribution is 7.98. The summed E-state index contributed by atoms with van der Waals surface area (Å²) in [5, 5.41) is 14.0. The Morgan fingerprint density at radius 1 is 1.12 bits per heavy atom. The van der Waals surface area contributed by atoms with Gasteiger partial charge in [-0.3, -0.25) is 0 Å². The lowest BCUT2D eigenvalue weighted by Crippen LogP contribution is -1.95. The van der Waals surface area contributed by atoms with Crippen LogP contribution < -0.4 is 4.74 Å². The fourth-order valence-electron chi connectivity index (χ4n) is 2.37. The smallest absolute Gasteiger partial charge is 0.235 e. The number of nitrogens with zero attached hydrogens (tertiary/aromatic N) is 4. The van der Waals surface area contributed by atoms with Gasteiger partial charge in [-0.1, -0.05) is 47.6 Å². The molecule has 0 fully saturated rings. The van der Waals surface area contributed by atoms with Crippen LogP contribution in [-0.2, 0) is 5.75 Å². The predicted molar refractivity (Wildman–Crippen MR) is 104 cm³/mol. The second kappa shape index (κ2) is 7.60. The van der Waals surface area contributed by atoms with E-state index in [2.05, 4.69) is 33.3 Å². The van der Waals surface area contributed by atoms with Crippen molar-refractivity contribution < 1.29 is 4.74 Å². The van der Waals surface area contributed by atoms with Crippen LogP contribution in [0.1, 0.15) is 5.82 Å². The Labute approximate surface area is 159 Å². The van der Waals surface area contributed by atoms with E-state index in [1.54, 1.807) is 11.8 Å². The van der Waals surface area contributed by atoms with Crippen LogP contribution in [0, 0.1) is 12.3 Å². The Balaban J connectivity index is 1.57. The molecular weight excluding hydrogens is 364 g/mol. The Bertz CT molecular complexity index is 1070. The summed E-state index contributed by atoms with van der Waals surface area (Å²) in [6, 6.07) is 17.9. The van der Waals surface area contributed by atoms with Crippen molar-refractivity contribution in [3.8, 4) is 28.7 Å². The van der Waals surface area contributed by atoms with Gasteiger partial charge in [-0.05, 0) is 24.3 Å². The summed E-state index contributed by atoms with van der Waals surface area (Å²) in [5.41, 5.74) is 0.969. The van der Waals surface area contributed by atoms with Crippen LogP contribution in [0.2, 0.25) is 0 Å². The lowest BCUT2D eigenvalue weighted by Gasteiger charge is -2.03. The molecule has 0 spiro atoms. The maximum Gasteiger partial charge on any atom is 0.235 e. The van der Waals surface area contributed by atoms with E-state index in [0.717, 1.165) is 27.1 Å². The van der Waals surface area contributed by atoms with Gasteiger partial charge in [-0.15, -0.1) is 28.4 Å². The first kappa shape index (κ1) is 16.6. The minimum Gasteiger partial charge on any atom is -0.481 e. The molecule has 0 radical (unpaired) electrons. The fraction of sp³-hybridized carbons (Fsp3) is 0.105. The molecule has 128 valence electrons. The van der Waals surface area contributed by atoms with Gasteiger partial charge in [-0.25, -0.2) is 0 Å². The molecule has 0 amide bonds. The predicted octanol–water partition coefficient (Wildman–Crippen LogP) is 4.16. The van der Waals surface area contributed by atoms with Crippen LogP contribution in [0.3, 0.4) is 0 Å². The van der Waals surface area contributed by atoms with E-state index in [1.165, 1.54) is 16.2 Å². The van der Waals surface area contributed by atoms with Crippen LogP contribution in [0.15, 0.2) is 59.5 Å². The number of thioether (sulfide) groups is 1. The molecule has 7 heteroatoms. The summed E-state index contributed by atoms with van der Waals surface area (Å²) in [6.45, 7) is 0.245. The first-order chi connectivity index (χ1) is 12.8. The molecule has 0 unspecified atom stereocenters. The van der Waals surface area contributed by atoms with Gasteiger partial charge >= 0.3 is 0 Å². The van der Waals surface area contributed by atoms with Crippen LogP contribution in [0.25, 0.3) is 15.5 Å². The molecule has 0 aliphatic heterocycles. The molecule has 0 aliphatic rings. The molecule has 0 bridgehead atoms. The van der Waals surface area contributed by atoms with Crippen molar-refractivity contribution >= 4 is 28.1 Å². The average Bonchev–Trinajstić information content (AvgIpc) is 3.27. The molecule has 2 aromatic carbocycles. The Morgan fingerprint density at radius 3 is 2.85 bits per heavy atom. The van der Waals surface area contributed by atoms with Gasteiger partial charge in [-0.2, -0.15) is 9.61 Å². The third-order valence-corrected chi connectivity index (χ3v) is 5.53. The van der Waals surface area contributed by atoms with Crippen molar-refractivity contribution in [2.24, 2.45) is 0 Å². The monoisotopic (exact) mass is 378 g/mol. The van der Waals surface area contributed by atoms with Gasteiger partial charge in [0, 0.05) is 10.5 Å². The van der Waals surface area contributed by atoms with Crippen molar-refractivity contribution in [3.05, 3.63) is 60.4 Å². The topological polar surface area (TPSA) is 52.3 Å². The van der Waals surface area contributed by atoms with E-state index in [4.69, 9.17) is 11.2 Å². The number of terminal acetylenes is 1. The van der Waals surface area contributed by atoms with Gasteiger partial charge in [0.1, 0.15) is 17.4 Å². The number of hydrogen-bond donors (Lipinski definition) is 0. The molecule has 5 nitrogen and oxygen atoms in total. The maximum absolute atomic E-state index is 5.49. The minimum absolute atomic E-state index is 0.245. The fourth-order valence-corrected chi connectivity index (χ4v) is 4.05. The van der Waals surface area contributed by atoms with Crippen LogP contribution in [-0.4, -0.2) is 26.4 Å². The van der Waals surface area contributed by atoms with Crippen LogP contribution in [0.4, 0.5) is 0 Å². The highest BCUT2D eigenvalue weighted by atomic mass is 32.2. The molecule has 2 aromatic heterocycles. The second-order valence-corrected chi connectivity index (χ2v) is 7.34. The number of ether oxygens (including phenoxy) is 1. The second-order valence-electron chi connectivity index (χ2n) is 5.34. The zero-order valence-corrected chi connectivity index (χ0v) is 15.3. The molecule has 0 aliphatic carbocycles. The van der Waals surface area contributed by atoms with Gasteiger partial charge in [0.2, 0.25) is 4.96 Å². The van der Waals surface area contributed by atoms with E-state index in [1.807, 2.05) is 47.0 Å². The van der Waals surface area contributed by atoms with Crippen LogP contribution >= 0.6 is 23.1 Å². The average molecular weight is 378 g/mol. The SMILES string of the molecule is C#CCOc1cccc(-c2nn3c(CSc4ccccc4)nnc3s2)c1. The standard InChI is InChI=1S/C19H14N4OS2/c1-2-11-24-15-8-6-7-14(12-15)18-22-23-17(20-21-19(23)26-18)13-25-16-9-4-3-5-10-16/h1,3-10,12H,11,13H2. The zero-order valence-electron chi connectivity index (χ0n) is 13.7. The molecule has 0 N–H and O–H groups in total. The number of rotatable bonds is 6. The molecule has 4 rings (SSSR count). The minimum atomic E-state index is 0.245. The molecule has 26 heavy (non-hydrogen) atoms. The number of fused-ring (bicyclic) bond motifs is 1. The Kier molecular flexibility index (Phi) is 4.86. The van der Waals surface area contributed by atoms with Gasteiger partial charge in [0.25, 0.3) is 0 Å². The van der Waals surface area contributed by atoms with Crippen molar-refractivity contribution in [2.75, 3.05) is 6.61 Å². The van der Waals surface area contributed by atoms with E-state index in [9.17, 15) is 0 Å². The summed E-state index contributed by atoms with van der Waals surface area (Å²) >= 11 is 3.21.